The summed E-state index contributed by atoms with van der Waals surface area (Å²) in [6.07, 6.45) is 0. The molecule has 0 fully saturated rings. The summed E-state index contributed by atoms with van der Waals surface area (Å²) >= 11 is 5.97. The fraction of sp³-hybridized carbons (Fsp3) is 0.150. The van der Waals surface area contributed by atoms with Gasteiger partial charge in [-0.3, -0.25) is 18.5 Å². The van der Waals surface area contributed by atoms with E-state index in [9.17, 15) is 14.0 Å². The van der Waals surface area contributed by atoms with Crippen LogP contribution in [0.5, 0.6) is 11.8 Å². The van der Waals surface area contributed by atoms with Gasteiger partial charge in [-0.25, -0.2) is 9.18 Å². The van der Waals surface area contributed by atoms with Gasteiger partial charge in [0.05, 0.1) is 6.54 Å². The number of hydrogen-bond acceptors (Lipinski definition) is 4. The van der Waals surface area contributed by atoms with Gasteiger partial charge in [-0.2, -0.15) is 4.98 Å². The van der Waals surface area contributed by atoms with Crippen LogP contribution in [0.1, 0.15) is 5.56 Å². The van der Waals surface area contributed by atoms with E-state index in [2.05, 4.69) is 4.98 Å². The van der Waals surface area contributed by atoms with Crippen LogP contribution in [0, 0.1) is 5.82 Å². The fourth-order valence-corrected chi connectivity index (χ4v) is 3.27. The topological polar surface area (TPSA) is 71.1 Å². The largest absolute Gasteiger partial charge is 0.425 e. The predicted octanol–water partition coefficient (Wildman–Crippen LogP) is 3.07. The molecule has 2 aromatic carbocycles. The molecule has 4 rings (SSSR count). The number of benzene rings is 2. The Morgan fingerprint density at radius 2 is 1.83 bits per heavy atom. The molecule has 0 aliphatic carbocycles. The summed E-state index contributed by atoms with van der Waals surface area (Å²) in [5.74, 6) is -0.0517. The van der Waals surface area contributed by atoms with Gasteiger partial charge < -0.3 is 4.74 Å². The second-order valence-corrected chi connectivity index (χ2v) is 6.95. The minimum Gasteiger partial charge on any atom is -0.425 e. The smallest absolute Gasteiger partial charge is 0.332 e. The van der Waals surface area contributed by atoms with Gasteiger partial charge >= 0.3 is 11.7 Å². The van der Waals surface area contributed by atoms with Crippen LogP contribution < -0.4 is 16.0 Å². The molecule has 0 radical (unpaired) electrons. The second kappa shape index (κ2) is 7.21. The summed E-state index contributed by atoms with van der Waals surface area (Å²) in [4.78, 5) is 30.1. The van der Waals surface area contributed by atoms with E-state index < -0.39 is 17.1 Å². The van der Waals surface area contributed by atoms with Gasteiger partial charge in [0, 0.05) is 24.7 Å². The molecule has 148 valence electrons. The zero-order chi connectivity index (χ0) is 20.7. The van der Waals surface area contributed by atoms with Crippen molar-refractivity contribution in [1.29, 1.82) is 0 Å². The Balaban J connectivity index is 1.86. The van der Waals surface area contributed by atoms with Crippen molar-refractivity contribution in [2.75, 3.05) is 0 Å². The van der Waals surface area contributed by atoms with Crippen molar-refractivity contribution < 1.29 is 9.13 Å². The molecule has 0 N–H and O–H groups in total. The Kier molecular flexibility index (Phi) is 4.71. The number of rotatable bonds is 4. The van der Waals surface area contributed by atoms with Crippen molar-refractivity contribution in [3.05, 3.63) is 85.8 Å². The number of imidazole rings is 1. The third-order valence-corrected chi connectivity index (χ3v) is 4.85. The normalized spacial score (nSPS) is 11.2. The van der Waals surface area contributed by atoms with E-state index in [0.29, 0.717) is 10.8 Å². The highest BCUT2D eigenvalue weighted by atomic mass is 35.5. The highest BCUT2D eigenvalue weighted by molar-refractivity contribution is 6.30. The minimum atomic E-state index is -0.599. The number of fused-ring (bicyclic) bond motifs is 1. The summed E-state index contributed by atoms with van der Waals surface area (Å²) in [5.41, 5.74) is -0.603. The summed E-state index contributed by atoms with van der Waals surface area (Å²) in [5, 5.41) is 0.487. The van der Waals surface area contributed by atoms with Crippen molar-refractivity contribution in [1.82, 2.24) is 18.7 Å². The van der Waals surface area contributed by atoms with Crippen LogP contribution in [0.25, 0.3) is 11.2 Å². The maximum absolute atomic E-state index is 14.0. The Hall–Kier alpha value is -3.39. The summed E-state index contributed by atoms with van der Waals surface area (Å²) < 4.78 is 23.5. The summed E-state index contributed by atoms with van der Waals surface area (Å²) in [6.45, 7) is -0.191. The molecule has 2 heterocycles. The van der Waals surface area contributed by atoms with Gasteiger partial charge in [-0.15, -0.1) is 0 Å². The first-order valence-electron chi connectivity index (χ1n) is 8.70. The molecule has 0 saturated heterocycles. The maximum Gasteiger partial charge on any atom is 0.332 e. The molecule has 0 unspecified atom stereocenters. The molecule has 0 saturated carbocycles. The number of aryl methyl sites for hydroxylation is 2. The number of aromatic nitrogens is 4. The van der Waals surface area contributed by atoms with Gasteiger partial charge in [-0.05, 0) is 24.3 Å². The molecule has 0 atom stereocenters. The first-order chi connectivity index (χ1) is 13.9. The molecular formula is C20H16ClFN4O3. The molecule has 0 aliphatic heterocycles. The van der Waals surface area contributed by atoms with E-state index in [1.165, 1.54) is 28.3 Å². The van der Waals surface area contributed by atoms with E-state index in [4.69, 9.17) is 16.3 Å². The maximum atomic E-state index is 14.0. The Morgan fingerprint density at radius 1 is 1.07 bits per heavy atom. The molecule has 7 nitrogen and oxygen atoms in total. The zero-order valence-electron chi connectivity index (χ0n) is 15.6. The Labute approximate surface area is 169 Å². The highest BCUT2D eigenvalue weighted by Gasteiger charge is 2.20. The van der Waals surface area contributed by atoms with E-state index in [1.54, 1.807) is 43.4 Å². The lowest BCUT2D eigenvalue weighted by atomic mass is 10.2. The molecule has 2 aromatic heterocycles. The number of ether oxygens (including phenoxy) is 1. The third kappa shape index (κ3) is 3.31. The second-order valence-electron chi connectivity index (χ2n) is 6.51. The van der Waals surface area contributed by atoms with Crippen LogP contribution in [0.3, 0.4) is 0 Å². The van der Waals surface area contributed by atoms with Gasteiger partial charge in [0.15, 0.2) is 11.2 Å². The molecule has 29 heavy (non-hydrogen) atoms. The first-order valence-corrected chi connectivity index (χ1v) is 9.07. The number of hydrogen-bond donors (Lipinski definition) is 0. The lowest BCUT2D eigenvalue weighted by molar-refractivity contribution is 0.427. The molecule has 4 aromatic rings. The average molecular weight is 415 g/mol. The molecule has 9 heteroatoms. The Morgan fingerprint density at radius 3 is 2.55 bits per heavy atom. The molecule has 0 amide bonds. The standard InChI is InChI=1S/C20H16ClFN4O3/c1-24-16-17(23-19(24)29-14-8-5-7-13(21)10-14)25(2)20(28)26(18(16)27)11-12-6-3-4-9-15(12)22/h3-10H,11H2,1-2H3. The van der Waals surface area contributed by atoms with Crippen molar-refractivity contribution in [2.24, 2.45) is 14.1 Å². The monoisotopic (exact) mass is 414 g/mol. The Bertz CT molecular complexity index is 1360. The molecular weight excluding hydrogens is 399 g/mol. The van der Waals surface area contributed by atoms with Crippen LogP contribution in [-0.4, -0.2) is 18.7 Å². The van der Waals surface area contributed by atoms with Crippen LogP contribution in [0.2, 0.25) is 5.02 Å². The number of nitrogens with zero attached hydrogens (tertiary/aromatic N) is 4. The van der Waals surface area contributed by atoms with E-state index in [-0.39, 0.29) is 29.3 Å². The van der Waals surface area contributed by atoms with Crippen LogP contribution in [0.15, 0.2) is 58.1 Å². The SMILES string of the molecule is Cn1c(Oc2cccc(Cl)c2)nc2c1c(=O)n(Cc1ccccc1F)c(=O)n2C. The fourth-order valence-electron chi connectivity index (χ4n) is 3.09. The molecule has 0 bridgehead atoms. The minimum absolute atomic E-state index is 0.123. The number of halogens is 2. The molecule has 0 aliphatic rings. The lowest BCUT2D eigenvalue weighted by Crippen LogP contribution is -2.40. The van der Waals surface area contributed by atoms with Gasteiger partial charge in [0.2, 0.25) is 0 Å². The van der Waals surface area contributed by atoms with Gasteiger partial charge in [0.25, 0.3) is 5.56 Å². The van der Waals surface area contributed by atoms with E-state index >= 15 is 0 Å². The van der Waals surface area contributed by atoms with Crippen LogP contribution in [-0.2, 0) is 20.6 Å². The third-order valence-electron chi connectivity index (χ3n) is 4.61. The average Bonchev–Trinajstić information content (AvgIpc) is 3.01. The highest BCUT2D eigenvalue weighted by Crippen LogP contribution is 2.25. The van der Waals surface area contributed by atoms with Crippen LogP contribution in [0.4, 0.5) is 4.39 Å². The van der Waals surface area contributed by atoms with Crippen molar-refractivity contribution in [3.8, 4) is 11.8 Å². The summed E-state index contributed by atoms with van der Waals surface area (Å²) in [7, 11) is 3.10. The quantitative estimate of drug-likeness (QED) is 0.514. The zero-order valence-corrected chi connectivity index (χ0v) is 16.4. The lowest BCUT2D eigenvalue weighted by Gasteiger charge is -2.09. The van der Waals surface area contributed by atoms with Gasteiger partial charge in [-0.1, -0.05) is 35.9 Å². The van der Waals surface area contributed by atoms with E-state index in [1.807, 2.05) is 0 Å². The first kappa shape index (κ1) is 18.9. The van der Waals surface area contributed by atoms with Crippen molar-refractivity contribution in [2.45, 2.75) is 6.54 Å². The predicted molar refractivity (Wildman–Crippen MR) is 107 cm³/mol. The van der Waals surface area contributed by atoms with Crippen molar-refractivity contribution in [3.63, 3.8) is 0 Å². The van der Waals surface area contributed by atoms with E-state index in [0.717, 1.165) is 4.57 Å². The van der Waals surface area contributed by atoms with Gasteiger partial charge in [0.1, 0.15) is 11.6 Å². The molecule has 0 spiro atoms. The van der Waals surface area contributed by atoms with Crippen molar-refractivity contribution >= 4 is 22.8 Å². The summed E-state index contributed by atoms with van der Waals surface area (Å²) in [6, 6.07) is 12.9. The van der Waals surface area contributed by atoms with Crippen LogP contribution >= 0.6 is 11.6 Å².